The fourth-order valence-electron chi connectivity index (χ4n) is 2.21. The van der Waals surface area contributed by atoms with Crippen molar-refractivity contribution in [3.8, 4) is 0 Å². The zero-order chi connectivity index (χ0) is 13.0. The highest BCUT2D eigenvalue weighted by molar-refractivity contribution is 5.66. The Labute approximate surface area is 103 Å². The van der Waals surface area contributed by atoms with Crippen molar-refractivity contribution >= 4 is 5.97 Å². The first-order valence-corrected chi connectivity index (χ1v) is 5.94. The van der Waals surface area contributed by atoms with Crippen LogP contribution in [0.5, 0.6) is 0 Å². The lowest BCUT2D eigenvalue weighted by molar-refractivity contribution is -0.137. The molecule has 0 aliphatic rings. The van der Waals surface area contributed by atoms with E-state index in [1.165, 1.54) is 22.3 Å². The Morgan fingerprint density at radius 1 is 1.29 bits per heavy atom. The zero-order valence-corrected chi connectivity index (χ0v) is 10.8. The molecule has 0 saturated heterocycles. The maximum atomic E-state index is 10.5. The minimum Gasteiger partial charge on any atom is -0.481 e. The minimum atomic E-state index is -0.780. The highest BCUT2D eigenvalue weighted by Crippen LogP contribution is 2.18. The van der Waals surface area contributed by atoms with Gasteiger partial charge in [0.05, 0.1) is 0 Å². The highest BCUT2D eigenvalue weighted by atomic mass is 16.4. The standard InChI is InChI=1S/C14H21NO2/c1-9-6-10(2)13(11(3)7-9)8-12(15)4-5-14(16)17/h6-7,12H,4-5,8,15H2,1-3H3,(H,16,17). The molecule has 0 bridgehead atoms. The SMILES string of the molecule is Cc1cc(C)c(CC(N)CCC(=O)O)c(C)c1. The third-order valence-corrected chi connectivity index (χ3v) is 3.04. The van der Waals surface area contributed by atoms with E-state index in [0.29, 0.717) is 6.42 Å². The van der Waals surface area contributed by atoms with E-state index < -0.39 is 5.97 Å². The van der Waals surface area contributed by atoms with Crippen molar-refractivity contribution in [1.82, 2.24) is 0 Å². The first-order valence-electron chi connectivity index (χ1n) is 5.94. The Kier molecular flexibility index (Phi) is 4.70. The number of carboxylic acids is 1. The molecule has 0 aliphatic heterocycles. The molecule has 0 fully saturated rings. The largest absolute Gasteiger partial charge is 0.481 e. The number of carboxylic acid groups (broad SMARTS) is 1. The van der Waals surface area contributed by atoms with Gasteiger partial charge in [0, 0.05) is 12.5 Å². The molecule has 17 heavy (non-hydrogen) atoms. The predicted octanol–water partition coefficient (Wildman–Crippen LogP) is 2.35. The smallest absolute Gasteiger partial charge is 0.303 e. The van der Waals surface area contributed by atoms with E-state index in [1.54, 1.807) is 0 Å². The molecular formula is C14H21NO2. The van der Waals surface area contributed by atoms with Crippen LogP contribution in [0, 0.1) is 20.8 Å². The molecule has 0 amide bonds. The Bertz CT molecular complexity index is 390. The Balaban J connectivity index is 2.71. The van der Waals surface area contributed by atoms with Crippen molar-refractivity contribution in [3.05, 3.63) is 34.4 Å². The molecule has 1 atom stereocenters. The molecule has 0 spiro atoms. The van der Waals surface area contributed by atoms with Crippen molar-refractivity contribution in [2.45, 2.75) is 46.1 Å². The number of carbonyl (C=O) groups is 1. The van der Waals surface area contributed by atoms with Crippen LogP contribution < -0.4 is 5.73 Å². The summed E-state index contributed by atoms with van der Waals surface area (Å²) in [6.45, 7) is 6.24. The third-order valence-electron chi connectivity index (χ3n) is 3.04. The summed E-state index contributed by atoms with van der Waals surface area (Å²) in [5, 5.41) is 8.62. The van der Waals surface area contributed by atoms with Gasteiger partial charge in [0.15, 0.2) is 0 Å². The summed E-state index contributed by atoms with van der Waals surface area (Å²) in [5.74, 6) is -0.780. The van der Waals surface area contributed by atoms with Gasteiger partial charge in [0.1, 0.15) is 0 Å². The van der Waals surface area contributed by atoms with Gasteiger partial charge >= 0.3 is 5.97 Å². The molecule has 3 N–H and O–H groups in total. The molecule has 1 rings (SSSR count). The van der Waals surface area contributed by atoms with Crippen LogP contribution in [0.1, 0.15) is 35.1 Å². The van der Waals surface area contributed by atoms with Crippen LogP contribution in [0.25, 0.3) is 0 Å². The molecule has 0 saturated carbocycles. The summed E-state index contributed by atoms with van der Waals surface area (Å²) in [6, 6.07) is 4.21. The van der Waals surface area contributed by atoms with Crippen molar-refractivity contribution in [3.63, 3.8) is 0 Å². The quantitative estimate of drug-likeness (QED) is 0.823. The first kappa shape index (κ1) is 13.7. The molecule has 0 aromatic heterocycles. The van der Waals surface area contributed by atoms with Gasteiger partial charge < -0.3 is 10.8 Å². The van der Waals surface area contributed by atoms with Gasteiger partial charge in [-0.1, -0.05) is 17.7 Å². The molecule has 0 heterocycles. The number of aliphatic carboxylic acids is 1. The summed E-state index contributed by atoms with van der Waals surface area (Å²) in [7, 11) is 0. The van der Waals surface area contributed by atoms with Gasteiger partial charge in [-0.2, -0.15) is 0 Å². The zero-order valence-electron chi connectivity index (χ0n) is 10.8. The van der Waals surface area contributed by atoms with Gasteiger partial charge in [0.2, 0.25) is 0 Å². The number of rotatable bonds is 5. The third kappa shape index (κ3) is 4.19. The normalized spacial score (nSPS) is 12.5. The number of hydrogen-bond acceptors (Lipinski definition) is 2. The summed E-state index contributed by atoms with van der Waals surface area (Å²) < 4.78 is 0. The summed E-state index contributed by atoms with van der Waals surface area (Å²) in [6.07, 6.45) is 1.43. The second-order valence-electron chi connectivity index (χ2n) is 4.77. The topological polar surface area (TPSA) is 63.3 Å². The molecule has 1 aromatic rings. The van der Waals surface area contributed by atoms with Gasteiger partial charge in [-0.15, -0.1) is 0 Å². The van der Waals surface area contributed by atoms with Crippen molar-refractivity contribution in [2.75, 3.05) is 0 Å². The maximum absolute atomic E-state index is 10.5. The fourth-order valence-corrected chi connectivity index (χ4v) is 2.21. The number of nitrogens with two attached hydrogens (primary N) is 1. The van der Waals surface area contributed by atoms with Crippen LogP contribution >= 0.6 is 0 Å². The van der Waals surface area contributed by atoms with Crippen LogP contribution in [0.3, 0.4) is 0 Å². The first-order chi connectivity index (χ1) is 7.90. The summed E-state index contributed by atoms with van der Waals surface area (Å²) in [5.41, 5.74) is 11.0. The van der Waals surface area contributed by atoms with E-state index in [9.17, 15) is 4.79 Å². The van der Waals surface area contributed by atoms with E-state index in [1.807, 2.05) is 0 Å². The molecule has 1 unspecified atom stereocenters. The molecule has 1 aromatic carbocycles. The number of aryl methyl sites for hydroxylation is 3. The fraction of sp³-hybridized carbons (Fsp3) is 0.500. The van der Waals surface area contributed by atoms with Crippen LogP contribution in [0.4, 0.5) is 0 Å². The van der Waals surface area contributed by atoms with E-state index in [0.717, 1.165) is 6.42 Å². The number of hydrogen-bond donors (Lipinski definition) is 2. The van der Waals surface area contributed by atoms with Crippen molar-refractivity contribution < 1.29 is 9.90 Å². The van der Waals surface area contributed by atoms with Crippen LogP contribution in [-0.2, 0) is 11.2 Å². The molecule has 0 radical (unpaired) electrons. The molecule has 3 nitrogen and oxygen atoms in total. The van der Waals surface area contributed by atoms with E-state index >= 15 is 0 Å². The minimum absolute atomic E-state index is 0.0776. The molecule has 3 heteroatoms. The summed E-state index contributed by atoms with van der Waals surface area (Å²) >= 11 is 0. The summed E-state index contributed by atoms with van der Waals surface area (Å²) in [4.78, 5) is 10.5. The monoisotopic (exact) mass is 235 g/mol. The van der Waals surface area contributed by atoms with Gasteiger partial charge in [0.25, 0.3) is 0 Å². The maximum Gasteiger partial charge on any atom is 0.303 e. The average molecular weight is 235 g/mol. The lowest BCUT2D eigenvalue weighted by Gasteiger charge is -2.15. The van der Waals surface area contributed by atoms with Crippen LogP contribution in [0.2, 0.25) is 0 Å². The highest BCUT2D eigenvalue weighted by Gasteiger charge is 2.10. The molecule has 0 aliphatic carbocycles. The van der Waals surface area contributed by atoms with E-state index in [-0.39, 0.29) is 12.5 Å². The van der Waals surface area contributed by atoms with Crippen molar-refractivity contribution in [1.29, 1.82) is 0 Å². The molecule has 94 valence electrons. The second-order valence-corrected chi connectivity index (χ2v) is 4.77. The number of benzene rings is 1. The second kappa shape index (κ2) is 5.82. The average Bonchev–Trinajstić information content (AvgIpc) is 2.20. The Hall–Kier alpha value is -1.35. The lowest BCUT2D eigenvalue weighted by atomic mass is 9.93. The van der Waals surface area contributed by atoms with Crippen LogP contribution in [-0.4, -0.2) is 17.1 Å². The lowest BCUT2D eigenvalue weighted by Crippen LogP contribution is -2.24. The van der Waals surface area contributed by atoms with Gasteiger partial charge in [-0.05, 0) is 50.3 Å². The van der Waals surface area contributed by atoms with E-state index in [2.05, 4.69) is 32.9 Å². The van der Waals surface area contributed by atoms with Gasteiger partial charge in [-0.25, -0.2) is 0 Å². The Morgan fingerprint density at radius 2 is 1.82 bits per heavy atom. The predicted molar refractivity (Wildman–Crippen MR) is 69.2 cm³/mol. The Morgan fingerprint density at radius 3 is 2.29 bits per heavy atom. The van der Waals surface area contributed by atoms with Crippen LogP contribution in [0.15, 0.2) is 12.1 Å². The van der Waals surface area contributed by atoms with Crippen molar-refractivity contribution in [2.24, 2.45) is 5.73 Å². The van der Waals surface area contributed by atoms with Gasteiger partial charge in [-0.3, -0.25) is 4.79 Å². The molecular weight excluding hydrogens is 214 g/mol. The van der Waals surface area contributed by atoms with E-state index in [4.69, 9.17) is 10.8 Å².